The molecule has 1 aromatic carbocycles. The minimum absolute atomic E-state index is 0.591. The molecule has 1 aromatic rings. The Bertz CT molecular complexity index is 292. The Kier molecular flexibility index (Phi) is 5.33. The van der Waals surface area contributed by atoms with Crippen LogP contribution in [0.1, 0.15) is 25.8 Å². The Hall–Kier alpha value is -1.02. The van der Waals surface area contributed by atoms with Crippen molar-refractivity contribution in [3.8, 4) is 5.75 Å². The van der Waals surface area contributed by atoms with E-state index in [-0.39, 0.29) is 0 Å². The number of nitrogens with two attached hydrogens (primary N) is 1. The maximum atomic E-state index is 5.80. The Morgan fingerprint density at radius 1 is 1.19 bits per heavy atom. The first-order valence-electron chi connectivity index (χ1n) is 5.98. The van der Waals surface area contributed by atoms with E-state index in [0.717, 1.165) is 18.7 Å². The van der Waals surface area contributed by atoms with Gasteiger partial charge in [-0.05, 0) is 48.9 Å². The molecule has 1 atom stereocenters. The highest BCUT2D eigenvalue weighted by Crippen LogP contribution is 2.18. The average molecular weight is 221 g/mol. The van der Waals surface area contributed by atoms with E-state index in [0.29, 0.717) is 11.8 Å². The van der Waals surface area contributed by atoms with E-state index >= 15 is 0 Å². The van der Waals surface area contributed by atoms with E-state index in [9.17, 15) is 0 Å². The van der Waals surface area contributed by atoms with E-state index < -0.39 is 0 Å². The van der Waals surface area contributed by atoms with Crippen LogP contribution in [-0.2, 0) is 6.42 Å². The summed E-state index contributed by atoms with van der Waals surface area (Å²) in [6, 6.07) is 8.28. The number of hydrogen-bond acceptors (Lipinski definition) is 2. The Morgan fingerprint density at radius 2 is 1.81 bits per heavy atom. The molecule has 0 bridgehead atoms. The Balaban J connectivity index is 2.56. The summed E-state index contributed by atoms with van der Waals surface area (Å²) in [6.07, 6.45) is 2.27. The van der Waals surface area contributed by atoms with Crippen molar-refractivity contribution in [1.29, 1.82) is 0 Å². The van der Waals surface area contributed by atoms with Crippen LogP contribution in [0.3, 0.4) is 0 Å². The van der Waals surface area contributed by atoms with Crippen LogP contribution in [0.4, 0.5) is 0 Å². The van der Waals surface area contributed by atoms with Crippen molar-refractivity contribution in [2.45, 2.75) is 26.7 Å². The fourth-order valence-electron chi connectivity index (χ4n) is 2.02. The van der Waals surface area contributed by atoms with Gasteiger partial charge in [0.1, 0.15) is 5.75 Å². The number of hydrogen-bond donors (Lipinski definition) is 1. The quantitative estimate of drug-likeness (QED) is 0.801. The number of ether oxygens (including phenoxy) is 1. The lowest BCUT2D eigenvalue weighted by molar-refractivity contribution is 0.410. The first kappa shape index (κ1) is 13.0. The van der Waals surface area contributed by atoms with Crippen molar-refractivity contribution < 1.29 is 4.74 Å². The molecule has 90 valence electrons. The van der Waals surface area contributed by atoms with Crippen LogP contribution >= 0.6 is 0 Å². The van der Waals surface area contributed by atoms with Gasteiger partial charge in [-0.1, -0.05) is 26.0 Å². The molecule has 0 aliphatic heterocycles. The third kappa shape index (κ3) is 4.23. The molecule has 0 radical (unpaired) electrons. The van der Waals surface area contributed by atoms with Crippen LogP contribution in [0.15, 0.2) is 24.3 Å². The molecule has 0 aliphatic carbocycles. The topological polar surface area (TPSA) is 35.2 Å². The molecule has 0 fully saturated rings. The summed E-state index contributed by atoms with van der Waals surface area (Å²) >= 11 is 0. The second kappa shape index (κ2) is 6.54. The molecule has 0 saturated heterocycles. The highest BCUT2D eigenvalue weighted by Gasteiger charge is 2.09. The van der Waals surface area contributed by atoms with Gasteiger partial charge in [-0.3, -0.25) is 0 Å². The first-order valence-corrected chi connectivity index (χ1v) is 5.98. The van der Waals surface area contributed by atoms with Gasteiger partial charge in [-0.15, -0.1) is 0 Å². The van der Waals surface area contributed by atoms with E-state index in [1.165, 1.54) is 12.0 Å². The van der Waals surface area contributed by atoms with Crippen molar-refractivity contribution in [3.05, 3.63) is 29.8 Å². The van der Waals surface area contributed by atoms with Crippen LogP contribution in [-0.4, -0.2) is 13.7 Å². The fourth-order valence-corrected chi connectivity index (χ4v) is 2.02. The molecule has 0 aromatic heterocycles. The lowest BCUT2D eigenvalue weighted by Gasteiger charge is -2.17. The molecule has 0 spiro atoms. The SMILES string of the molecule is COc1ccc(CC(CN)CC(C)C)cc1. The van der Waals surface area contributed by atoms with Crippen LogP contribution in [0.5, 0.6) is 5.75 Å². The minimum Gasteiger partial charge on any atom is -0.497 e. The zero-order valence-corrected chi connectivity index (χ0v) is 10.6. The van der Waals surface area contributed by atoms with Gasteiger partial charge in [0.05, 0.1) is 7.11 Å². The summed E-state index contributed by atoms with van der Waals surface area (Å²) in [5, 5.41) is 0. The molecule has 2 N–H and O–H groups in total. The molecule has 2 nitrogen and oxygen atoms in total. The second-order valence-electron chi connectivity index (χ2n) is 4.78. The summed E-state index contributed by atoms with van der Waals surface area (Å²) in [7, 11) is 1.69. The number of rotatable bonds is 6. The largest absolute Gasteiger partial charge is 0.497 e. The van der Waals surface area contributed by atoms with Gasteiger partial charge in [0.15, 0.2) is 0 Å². The molecule has 1 rings (SSSR count). The minimum atomic E-state index is 0.591. The Morgan fingerprint density at radius 3 is 2.25 bits per heavy atom. The summed E-state index contributed by atoms with van der Waals surface area (Å²) in [5.74, 6) is 2.22. The average Bonchev–Trinajstić information content (AvgIpc) is 2.28. The Labute approximate surface area is 98.8 Å². The van der Waals surface area contributed by atoms with E-state index in [2.05, 4.69) is 26.0 Å². The van der Waals surface area contributed by atoms with Crippen molar-refractivity contribution in [3.63, 3.8) is 0 Å². The lowest BCUT2D eigenvalue weighted by Crippen LogP contribution is -2.18. The standard InChI is InChI=1S/C14H23NO/c1-11(2)8-13(10-15)9-12-4-6-14(16-3)7-5-12/h4-7,11,13H,8-10,15H2,1-3H3. The molecule has 16 heavy (non-hydrogen) atoms. The highest BCUT2D eigenvalue weighted by atomic mass is 16.5. The van der Waals surface area contributed by atoms with Crippen LogP contribution < -0.4 is 10.5 Å². The van der Waals surface area contributed by atoms with Gasteiger partial charge in [0.2, 0.25) is 0 Å². The van der Waals surface area contributed by atoms with E-state index in [4.69, 9.17) is 10.5 Å². The van der Waals surface area contributed by atoms with Crippen LogP contribution in [0.25, 0.3) is 0 Å². The van der Waals surface area contributed by atoms with E-state index in [1.807, 2.05) is 12.1 Å². The molecule has 0 heterocycles. The molecule has 0 amide bonds. The number of benzene rings is 1. The molecule has 0 saturated carbocycles. The molecule has 0 aliphatic rings. The van der Waals surface area contributed by atoms with Gasteiger partial charge < -0.3 is 10.5 Å². The van der Waals surface area contributed by atoms with Crippen molar-refractivity contribution in [2.24, 2.45) is 17.6 Å². The third-order valence-corrected chi connectivity index (χ3v) is 2.82. The van der Waals surface area contributed by atoms with Crippen molar-refractivity contribution in [1.82, 2.24) is 0 Å². The maximum Gasteiger partial charge on any atom is 0.118 e. The van der Waals surface area contributed by atoms with Crippen LogP contribution in [0, 0.1) is 11.8 Å². The van der Waals surface area contributed by atoms with Gasteiger partial charge in [0, 0.05) is 0 Å². The zero-order chi connectivity index (χ0) is 12.0. The van der Waals surface area contributed by atoms with Crippen LogP contribution in [0.2, 0.25) is 0 Å². The third-order valence-electron chi connectivity index (χ3n) is 2.82. The predicted molar refractivity (Wildman–Crippen MR) is 68.7 cm³/mol. The monoisotopic (exact) mass is 221 g/mol. The fraction of sp³-hybridized carbons (Fsp3) is 0.571. The molecule has 1 unspecified atom stereocenters. The van der Waals surface area contributed by atoms with Crippen molar-refractivity contribution >= 4 is 0 Å². The van der Waals surface area contributed by atoms with Gasteiger partial charge in [0.25, 0.3) is 0 Å². The summed E-state index contributed by atoms with van der Waals surface area (Å²) in [4.78, 5) is 0. The van der Waals surface area contributed by atoms with Gasteiger partial charge in [-0.25, -0.2) is 0 Å². The zero-order valence-electron chi connectivity index (χ0n) is 10.6. The predicted octanol–water partition coefficient (Wildman–Crippen LogP) is 2.86. The molecular weight excluding hydrogens is 198 g/mol. The summed E-state index contributed by atoms with van der Waals surface area (Å²) < 4.78 is 5.14. The first-order chi connectivity index (χ1) is 7.65. The van der Waals surface area contributed by atoms with Gasteiger partial charge in [-0.2, -0.15) is 0 Å². The van der Waals surface area contributed by atoms with Crippen molar-refractivity contribution in [2.75, 3.05) is 13.7 Å². The normalized spacial score (nSPS) is 12.8. The second-order valence-corrected chi connectivity index (χ2v) is 4.78. The number of methoxy groups -OCH3 is 1. The smallest absolute Gasteiger partial charge is 0.118 e. The summed E-state index contributed by atoms with van der Waals surface area (Å²) in [5.41, 5.74) is 7.14. The highest BCUT2D eigenvalue weighted by molar-refractivity contribution is 5.27. The molecular formula is C14H23NO. The van der Waals surface area contributed by atoms with Gasteiger partial charge >= 0.3 is 0 Å². The summed E-state index contributed by atoms with van der Waals surface area (Å²) in [6.45, 7) is 5.26. The maximum absolute atomic E-state index is 5.80. The molecule has 2 heteroatoms. The lowest BCUT2D eigenvalue weighted by atomic mass is 9.91. The van der Waals surface area contributed by atoms with E-state index in [1.54, 1.807) is 7.11 Å².